The highest BCUT2D eigenvalue weighted by Gasteiger charge is 2.19. The second-order valence-electron chi connectivity index (χ2n) is 4.62. The summed E-state index contributed by atoms with van der Waals surface area (Å²) in [5, 5.41) is 24.6. The van der Waals surface area contributed by atoms with Gasteiger partial charge in [0.2, 0.25) is 5.91 Å². The molecule has 4 N–H and O–H groups in total. The number of rotatable bonds is 7. The number of nitrogens with one attached hydrogen (secondary N) is 1. The van der Waals surface area contributed by atoms with Crippen LogP contribution in [-0.4, -0.2) is 35.7 Å². The molecule has 0 aliphatic carbocycles. The molecule has 1 amide bonds. The van der Waals surface area contributed by atoms with E-state index in [1.165, 1.54) is 24.4 Å². The minimum atomic E-state index is -1.37. The molecule has 0 fully saturated rings. The predicted octanol–water partition coefficient (Wildman–Crippen LogP) is -0.615. The van der Waals surface area contributed by atoms with E-state index in [2.05, 4.69) is 5.32 Å². The predicted molar refractivity (Wildman–Crippen MR) is 77.0 cm³/mol. The summed E-state index contributed by atoms with van der Waals surface area (Å²) in [5.74, 6) is -1.90. The topological polar surface area (TPSA) is 106 Å². The number of benzene rings is 1. The van der Waals surface area contributed by atoms with Crippen molar-refractivity contribution in [1.29, 1.82) is 0 Å². The molecule has 0 spiro atoms. The SMILES string of the molecule is C[C@H](O)C[NH2+][C@H](CC(=O)Nc1cc(Cl)ccc1Cl)C(=O)[O-]. The number of carbonyl (C=O) groups is 2. The van der Waals surface area contributed by atoms with Crippen LogP contribution in [0.2, 0.25) is 10.0 Å². The Morgan fingerprint density at radius 2 is 2.10 bits per heavy atom. The van der Waals surface area contributed by atoms with Crippen molar-refractivity contribution in [2.45, 2.75) is 25.5 Å². The third-order valence-electron chi connectivity index (χ3n) is 2.67. The van der Waals surface area contributed by atoms with E-state index in [0.29, 0.717) is 15.7 Å². The molecule has 2 atom stereocenters. The molecule has 1 aromatic rings. The second-order valence-corrected chi connectivity index (χ2v) is 5.47. The van der Waals surface area contributed by atoms with E-state index in [9.17, 15) is 14.7 Å². The lowest BCUT2D eigenvalue weighted by Gasteiger charge is -2.17. The van der Waals surface area contributed by atoms with Gasteiger partial charge in [-0.15, -0.1) is 0 Å². The lowest BCUT2D eigenvalue weighted by atomic mass is 10.2. The molecule has 8 heteroatoms. The van der Waals surface area contributed by atoms with Gasteiger partial charge in [0.1, 0.15) is 12.6 Å². The minimum absolute atomic E-state index is 0.157. The highest BCUT2D eigenvalue weighted by atomic mass is 35.5. The van der Waals surface area contributed by atoms with Gasteiger partial charge in [-0.2, -0.15) is 0 Å². The van der Waals surface area contributed by atoms with E-state index in [0.717, 1.165) is 0 Å². The van der Waals surface area contributed by atoms with Gasteiger partial charge >= 0.3 is 0 Å². The maximum atomic E-state index is 11.8. The zero-order valence-corrected chi connectivity index (χ0v) is 12.8. The van der Waals surface area contributed by atoms with Crippen LogP contribution >= 0.6 is 23.2 Å². The summed E-state index contributed by atoms with van der Waals surface area (Å²) in [6, 6.07) is 3.47. The first-order valence-corrected chi connectivity index (χ1v) is 7.02. The number of hydrogen-bond acceptors (Lipinski definition) is 4. The van der Waals surface area contributed by atoms with Crippen LogP contribution in [0.1, 0.15) is 13.3 Å². The summed E-state index contributed by atoms with van der Waals surface area (Å²) in [6.45, 7) is 1.68. The number of nitrogens with two attached hydrogens (primary N) is 1. The van der Waals surface area contributed by atoms with Gasteiger partial charge in [0.15, 0.2) is 0 Å². The highest BCUT2D eigenvalue weighted by molar-refractivity contribution is 6.35. The Labute approximate surface area is 132 Å². The quantitative estimate of drug-likeness (QED) is 0.618. The van der Waals surface area contributed by atoms with E-state index < -0.39 is 24.0 Å². The first-order valence-electron chi connectivity index (χ1n) is 6.26. The summed E-state index contributed by atoms with van der Waals surface area (Å²) in [5.41, 5.74) is 0.307. The number of quaternary nitrogens is 1. The maximum Gasteiger partial charge on any atom is 0.230 e. The number of aliphatic hydroxyl groups excluding tert-OH is 1. The number of amides is 1. The minimum Gasteiger partial charge on any atom is -0.544 e. The van der Waals surface area contributed by atoms with Crippen LogP contribution in [0.5, 0.6) is 0 Å². The van der Waals surface area contributed by atoms with Gasteiger partial charge in [-0.05, 0) is 25.1 Å². The van der Waals surface area contributed by atoms with Gasteiger partial charge in [-0.25, -0.2) is 0 Å². The number of hydrogen-bond donors (Lipinski definition) is 3. The summed E-state index contributed by atoms with van der Waals surface area (Å²) >= 11 is 11.7. The summed E-state index contributed by atoms with van der Waals surface area (Å²) in [4.78, 5) is 22.8. The lowest BCUT2D eigenvalue weighted by Crippen LogP contribution is -2.94. The standard InChI is InChI=1S/C13H16Cl2N2O4/c1-7(18)6-16-11(13(20)21)5-12(19)17-10-4-8(14)2-3-9(10)15/h2-4,7,11,16,18H,5-6H2,1H3,(H,17,19)(H,20,21)/t7-,11+/m0/s1. The molecule has 0 saturated heterocycles. The zero-order chi connectivity index (χ0) is 16.0. The summed E-state index contributed by atoms with van der Waals surface area (Å²) in [7, 11) is 0. The summed E-state index contributed by atoms with van der Waals surface area (Å²) < 4.78 is 0. The van der Waals surface area contributed by atoms with Crippen molar-refractivity contribution in [3.8, 4) is 0 Å². The Morgan fingerprint density at radius 1 is 1.43 bits per heavy atom. The molecule has 116 valence electrons. The number of carboxylic acids is 1. The molecule has 0 aliphatic rings. The number of carboxylic acid groups (broad SMARTS) is 1. The van der Waals surface area contributed by atoms with Crippen LogP contribution in [0, 0.1) is 0 Å². The monoisotopic (exact) mass is 334 g/mol. The van der Waals surface area contributed by atoms with E-state index in [1.807, 2.05) is 0 Å². The molecule has 0 heterocycles. The van der Waals surface area contributed by atoms with Gasteiger partial charge in [-0.1, -0.05) is 23.2 Å². The molecule has 21 heavy (non-hydrogen) atoms. The van der Waals surface area contributed by atoms with Gasteiger partial charge < -0.3 is 25.6 Å². The molecule has 1 aromatic carbocycles. The molecular formula is C13H16Cl2N2O4. The molecule has 0 unspecified atom stereocenters. The normalized spacial score (nSPS) is 13.5. The number of aliphatic hydroxyl groups is 1. The molecule has 1 rings (SSSR count). The van der Waals surface area contributed by atoms with Gasteiger partial charge in [0.25, 0.3) is 0 Å². The smallest absolute Gasteiger partial charge is 0.230 e. The molecule has 0 bridgehead atoms. The maximum absolute atomic E-state index is 11.8. The Kier molecular flexibility index (Phi) is 6.91. The molecule has 0 radical (unpaired) electrons. The first kappa shape index (κ1) is 17.7. The van der Waals surface area contributed by atoms with Crippen LogP contribution in [0.4, 0.5) is 5.69 Å². The lowest BCUT2D eigenvalue weighted by molar-refractivity contribution is -0.687. The highest BCUT2D eigenvalue weighted by Crippen LogP contribution is 2.25. The van der Waals surface area contributed by atoms with E-state index >= 15 is 0 Å². The molecule has 6 nitrogen and oxygen atoms in total. The van der Waals surface area contributed by atoms with Crippen LogP contribution in [0.3, 0.4) is 0 Å². The van der Waals surface area contributed by atoms with E-state index in [1.54, 1.807) is 6.07 Å². The first-order chi connectivity index (χ1) is 9.79. The Hall–Kier alpha value is -1.34. The van der Waals surface area contributed by atoms with Gasteiger partial charge in [-0.3, -0.25) is 4.79 Å². The van der Waals surface area contributed by atoms with E-state index in [-0.39, 0.29) is 13.0 Å². The van der Waals surface area contributed by atoms with Gasteiger partial charge in [0, 0.05) is 5.02 Å². The third-order valence-corrected chi connectivity index (χ3v) is 3.24. The zero-order valence-electron chi connectivity index (χ0n) is 11.3. The van der Waals surface area contributed by atoms with Crippen LogP contribution in [-0.2, 0) is 9.59 Å². The van der Waals surface area contributed by atoms with Crippen molar-refractivity contribution >= 4 is 40.8 Å². The van der Waals surface area contributed by atoms with Crippen LogP contribution < -0.4 is 15.7 Å². The van der Waals surface area contributed by atoms with Crippen molar-refractivity contribution in [3.63, 3.8) is 0 Å². The van der Waals surface area contributed by atoms with Crippen LogP contribution in [0.15, 0.2) is 18.2 Å². The third kappa shape index (κ3) is 6.31. The number of halogens is 2. The average Bonchev–Trinajstić information content (AvgIpc) is 2.38. The Morgan fingerprint density at radius 3 is 2.67 bits per heavy atom. The van der Waals surface area contributed by atoms with Crippen LogP contribution in [0.25, 0.3) is 0 Å². The van der Waals surface area contributed by atoms with Crippen molar-refractivity contribution < 1.29 is 25.1 Å². The molecule has 0 saturated carbocycles. The number of anilines is 1. The Balaban J connectivity index is 2.65. The fourth-order valence-corrected chi connectivity index (χ4v) is 1.96. The largest absolute Gasteiger partial charge is 0.544 e. The van der Waals surface area contributed by atoms with E-state index in [4.69, 9.17) is 28.3 Å². The van der Waals surface area contributed by atoms with Crippen molar-refractivity contribution in [2.75, 3.05) is 11.9 Å². The molecule has 0 aliphatic heterocycles. The van der Waals surface area contributed by atoms with Crippen molar-refractivity contribution in [1.82, 2.24) is 0 Å². The summed E-state index contributed by atoms with van der Waals surface area (Å²) in [6.07, 6.45) is -0.991. The molecular weight excluding hydrogens is 319 g/mol. The number of aliphatic carboxylic acids is 1. The number of carbonyl (C=O) groups excluding carboxylic acids is 2. The average molecular weight is 335 g/mol. The van der Waals surface area contributed by atoms with Gasteiger partial charge in [0.05, 0.1) is 29.2 Å². The van der Waals surface area contributed by atoms with Crippen molar-refractivity contribution in [2.24, 2.45) is 0 Å². The Bertz CT molecular complexity index is 523. The molecule has 0 aromatic heterocycles. The second kappa shape index (κ2) is 8.19. The fourth-order valence-electron chi connectivity index (χ4n) is 1.62. The van der Waals surface area contributed by atoms with Crippen molar-refractivity contribution in [3.05, 3.63) is 28.2 Å². The fraction of sp³-hybridized carbons (Fsp3) is 0.385.